The van der Waals surface area contributed by atoms with E-state index in [1.54, 1.807) is 0 Å². The van der Waals surface area contributed by atoms with E-state index in [0.29, 0.717) is 37.8 Å². The van der Waals surface area contributed by atoms with Gasteiger partial charge in [-0.15, -0.1) is 0 Å². The molecule has 0 saturated heterocycles. The minimum Gasteiger partial charge on any atom is -0.481 e. The molecule has 2 bridgehead atoms. The first-order valence-electron chi connectivity index (χ1n) is 15.6. The summed E-state index contributed by atoms with van der Waals surface area (Å²) in [5.74, 6) is -1.18. The lowest BCUT2D eigenvalue weighted by atomic mass is 9.76. The van der Waals surface area contributed by atoms with Crippen LogP contribution in [0.15, 0.2) is 89.7 Å². The van der Waals surface area contributed by atoms with Gasteiger partial charge in [-0.3, -0.25) is 19.1 Å². The van der Waals surface area contributed by atoms with E-state index in [4.69, 9.17) is 9.72 Å². The van der Waals surface area contributed by atoms with E-state index in [-0.39, 0.29) is 42.8 Å². The van der Waals surface area contributed by atoms with Crippen LogP contribution in [0.3, 0.4) is 0 Å². The molecule has 1 aliphatic carbocycles. The number of aromatic nitrogens is 2. The van der Waals surface area contributed by atoms with E-state index in [1.165, 1.54) is 33.7 Å². The number of amides is 2. The highest BCUT2D eigenvalue weighted by molar-refractivity contribution is 5.95. The van der Waals surface area contributed by atoms with Crippen molar-refractivity contribution in [2.75, 3.05) is 0 Å². The van der Waals surface area contributed by atoms with E-state index in [2.05, 4.69) is 11.4 Å². The number of nitriles is 1. The molecule has 3 aliphatic rings. The van der Waals surface area contributed by atoms with Crippen LogP contribution in [0, 0.1) is 23.1 Å². The van der Waals surface area contributed by atoms with Crippen LogP contribution in [0.1, 0.15) is 58.7 Å². The lowest BCUT2D eigenvalue weighted by Crippen LogP contribution is -2.52. The molecule has 1 unspecified atom stereocenters. The van der Waals surface area contributed by atoms with Gasteiger partial charge in [-0.05, 0) is 60.4 Å². The summed E-state index contributed by atoms with van der Waals surface area (Å²) in [7, 11) is 0. The van der Waals surface area contributed by atoms with Crippen molar-refractivity contribution in [3.63, 3.8) is 0 Å². The number of hydrogen-bond acceptors (Lipinski definition) is 6. The van der Waals surface area contributed by atoms with E-state index in [0.717, 1.165) is 11.1 Å². The third kappa shape index (κ3) is 6.58. The Hall–Kier alpha value is -5.50. The molecule has 1 atom stereocenters. The minimum atomic E-state index is -1.18. The van der Waals surface area contributed by atoms with Crippen molar-refractivity contribution in [2.24, 2.45) is 5.92 Å². The molecule has 240 valence electrons. The average Bonchev–Trinajstić information content (AvgIpc) is 3.35. The van der Waals surface area contributed by atoms with Gasteiger partial charge in [-0.25, -0.2) is 14.2 Å². The largest absolute Gasteiger partial charge is 0.481 e. The zero-order valence-electron chi connectivity index (χ0n) is 25.6. The third-order valence-corrected chi connectivity index (χ3v) is 9.10. The Kier molecular flexibility index (Phi) is 9.02. The van der Waals surface area contributed by atoms with Crippen LogP contribution in [0.4, 0.5) is 9.18 Å². The van der Waals surface area contributed by atoms with Gasteiger partial charge in [-0.2, -0.15) is 5.26 Å². The number of fused-ring (bicyclic) bond motifs is 2. The number of carbonyl (C=O) groups excluding carboxylic acids is 1. The summed E-state index contributed by atoms with van der Waals surface area (Å²) in [6.07, 6.45) is 1.14. The molecule has 2 amide bonds. The Labute approximate surface area is 271 Å². The number of hydrogen-bond donors (Lipinski definition) is 2. The third-order valence-electron chi connectivity index (χ3n) is 9.10. The number of nitrogens with zero attached hydrogens (tertiary/aromatic N) is 4. The highest BCUT2D eigenvalue weighted by Crippen LogP contribution is 2.47. The van der Waals surface area contributed by atoms with Crippen molar-refractivity contribution in [3.05, 3.63) is 129 Å². The van der Waals surface area contributed by atoms with E-state index >= 15 is 0 Å². The summed E-state index contributed by atoms with van der Waals surface area (Å²) in [5, 5.41) is 23.2. The van der Waals surface area contributed by atoms with Crippen molar-refractivity contribution in [2.45, 2.75) is 63.4 Å². The van der Waals surface area contributed by atoms with Crippen molar-refractivity contribution in [1.82, 2.24) is 19.8 Å². The predicted octanol–water partition coefficient (Wildman–Crippen LogP) is 5.41. The Bertz CT molecular complexity index is 1850. The van der Waals surface area contributed by atoms with Gasteiger partial charge in [0.2, 0.25) is 5.75 Å². The van der Waals surface area contributed by atoms with Gasteiger partial charge in [0.15, 0.2) is 5.69 Å². The van der Waals surface area contributed by atoms with Crippen LogP contribution in [-0.4, -0.2) is 37.6 Å². The maximum atomic E-state index is 14.4. The fourth-order valence-corrected chi connectivity index (χ4v) is 6.67. The van der Waals surface area contributed by atoms with Gasteiger partial charge in [0.1, 0.15) is 29.8 Å². The van der Waals surface area contributed by atoms with Crippen LogP contribution >= 0.6 is 0 Å². The standard InChI is InChI=1S/C36H34FN5O5/c37-28-13-11-24(12-14-28)19-29(20-38)39-32(43)30-31(47-23-27-9-5-2-6-10-27)33(44)41-21-26-15-17-36(18-16-26,34(41)40-30)42(35(45)46)22-25-7-3-1-4-8-25/h1-14,26,29H,15-19,21-23H2,(H,39,43)(H,45,46). The topological polar surface area (TPSA) is 138 Å². The second-order valence-corrected chi connectivity index (χ2v) is 12.1. The van der Waals surface area contributed by atoms with Crippen molar-refractivity contribution < 1.29 is 23.8 Å². The van der Waals surface area contributed by atoms with Gasteiger partial charge < -0.3 is 15.2 Å². The molecule has 11 heteroatoms. The molecule has 47 heavy (non-hydrogen) atoms. The zero-order chi connectivity index (χ0) is 33.0. The average molecular weight is 636 g/mol. The van der Waals surface area contributed by atoms with Gasteiger partial charge in [0.25, 0.3) is 11.5 Å². The molecular weight excluding hydrogens is 601 g/mol. The lowest BCUT2D eigenvalue weighted by Gasteiger charge is -2.44. The van der Waals surface area contributed by atoms with E-state index in [1.807, 2.05) is 60.7 Å². The first-order valence-corrected chi connectivity index (χ1v) is 15.6. The van der Waals surface area contributed by atoms with Gasteiger partial charge >= 0.3 is 6.09 Å². The molecule has 0 radical (unpaired) electrons. The molecule has 2 aliphatic heterocycles. The number of ether oxygens (including phenoxy) is 1. The molecule has 1 fully saturated rings. The highest BCUT2D eigenvalue weighted by Gasteiger charge is 2.50. The quantitative estimate of drug-likeness (QED) is 0.238. The smallest absolute Gasteiger partial charge is 0.408 e. The number of halogens is 1. The van der Waals surface area contributed by atoms with Crippen LogP contribution < -0.4 is 15.6 Å². The summed E-state index contributed by atoms with van der Waals surface area (Å²) in [5.41, 5.74) is 0.105. The van der Waals surface area contributed by atoms with Crippen LogP contribution in [-0.2, 0) is 31.7 Å². The van der Waals surface area contributed by atoms with E-state index in [9.17, 15) is 29.1 Å². The SMILES string of the molecule is N#CC(Cc1ccc(F)cc1)NC(=O)c1nc2n(c(=O)c1OCc1ccccc1)CC1CCC2(N(Cc2ccccc2)C(=O)O)CC1. The van der Waals surface area contributed by atoms with E-state index < -0.39 is 35.0 Å². The summed E-state index contributed by atoms with van der Waals surface area (Å²) in [6, 6.07) is 25.0. The maximum Gasteiger partial charge on any atom is 0.408 e. The van der Waals surface area contributed by atoms with Crippen LogP contribution in [0.25, 0.3) is 0 Å². The molecule has 3 heterocycles. The van der Waals surface area contributed by atoms with Crippen LogP contribution in [0.5, 0.6) is 5.75 Å². The molecular formula is C36H34FN5O5. The molecule has 10 nitrogen and oxygen atoms in total. The fourth-order valence-electron chi connectivity index (χ4n) is 6.67. The van der Waals surface area contributed by atoms with Crippen molar-refractivity contribution in [3.8, 4) is 11.8 Å². The highest BCUT2D eigenvalue weighted by atomic mass is 19.1. The minimum absolute atomic E-state index is 0.0154. The lowest BCUT2D eigenvalue weighted by molar-refractivity contribution is 0.0317. The number of carboxylic acid groups (broad SMARTS) is 1. The van der Waals surface area contributed by atoms with Crippen molar-refractivity contribution in [1.29, 1.82) is 5.26 Å². The number of benzene rings is 3. The molecule has 1 saturated carbocycles. The molecule has 3 aromatic carbocycles. The Balaban J connectivity index is 1.44. The Morgan fingerprint density at radius 1 is 1.02 bits per heavy atom. The normalized spacial score (nSPS) is 18.7. The summed E-state index contributed by atoms with van der Waals surface area (Å²) < 4.78 is 21.0. The molecule has 2 N–H and O–H groups in total. The molecule has 4 aromatic rings. The summed E-state index contributed by atoms with van der Waals surface area (Å²) in [4.78, 5) is 47.5. The molecule has 0 spiro atoms. The van der Waals surface area contributed by atoms with Crippen molar-refractivity contribution >= 4 is 12.0 Å². The predicted molar refractivity (Wildman–Crippen MR) is 170 cm³/mol. The number of nitrogens with one attached hydrogen (secondary N) is 1. The Morgan fingerprint density at radius 2 is 1.66 bits per heavy atom. The van der Waals surface area contributed by atoms with Gasteiger partial charge in [-0.1, -0.05) is 72.8 Å². The molecule has 7 rings (SSSR count). The summed E-state index contributed by atoms with van der Waals surface area (Å²) in [6.45, 7) is 0.369. The molecule has 1 aromatic heterocycles. The van der Waals surface area contributed by atoms with Gasteiger partial charge in [0, 0.05) is 13.0 Å². The first kappa shape index (κ1) is 31.5. The monoisotopic (exact) mass is 635 g/mol. The summed E-state index contributed by atoms with van der Waals surface area (Å²) >= 11 is 0. The second-order valence-electron chi connectivity index (χ2n) is 12.1. The fraction of sp³-hybridized carbons (Fsp3) is 0.306. The zero-order valence-corrected chi connectivity index (χ0v) is 25.6. The van der Waals surface area contributed by atoms with Gasteiger partial charge in [0.05, 0.1) is 12.6 Å². The number of carbonyl (C=O) groups is 2. The second kappa shape index (κ2) is 13.5. The first-order chi connectivity index (χ1) is 22.8. The Morgan fingerprint density at radius 3 is 2.28 bits per heavy atom. The van der Waals surface area contributed by atoms with Crippen LogP contribution in [0.2, 0.25) is 0 Å². The number of rotatable bonds is 10. The maximum absolute atomic E-state index is 14.4.